The van der Waals surface area contributed by atoms with Crippen molar-refractivity contribution in [3.8, 4) is 11.5 Å². The predicted octanol–water partition coefficient (Wildman–Crippen LogP) is 2.24. The van der Waals surface area contributed by atoms with Crippen LogP contribution < -0.4 is 9.47 Å². The zero-order valence-corrected chi connectivity index (χ0v) is 17.9. The predicted molar refractivity (Wildman–Crippen MR) is 111 cm³/mol. The Balaban J connectivity index is 1.22. The Hall–Kier alpha value is -2.28. The van der Waals surface area contributed by atoms with E-state index in [2.05, 4.69) is 28.9 Å². The quantitative estimate of drug-likeness (QED) is 0.758. The molecular weight excluding hydrogens is 382 g/mol. The Bertz CT molecular complexity index is 851. The number of nitrogens with zero attached hydrogens (tertiary/aromatic N) is 3. The molecule has 162 valence electrons. The van der Waals surface area contributed by atoms with Gasteiger partial charge in [-0.3, -0.25) is 14.5 Å². The van der Waals surface area contributed by atoms with E-state index in [4.69, 9.17) is 9.47 Å². The van der Waals surface area contributed by atoms with Crippen LogP contribution in [0.3, 0.4) is 0 Å². The summed E-state index contributed by atoms with van der Waals surface area (Å²) >= 11 is 0. The van der Waals surface area contributed by atoms with Crippen LogP contribution in [0.25, 0.3) is 0 Å². The first-order chi connectivity index (χ1) is 14.5. The van der Waals surface area contributed by atoms with Gasteiger partial charge in [-0.1, -0.05) is 13.0 Å². The van der Waals surface area contributed by atoms with Gasteiger partial charge in [-0.15, -0.1) is 0 Å². The lowest BCUT2D eigenvalue weighted by molar-refractivity contribution is -0.147. The van der Waals surface area contributed by atoms with Gasteiger partial charge in [0.1, 0.15) is 0 Å². The second-order valence-electron chi connectivity index (χ2n) is 9.14. The molecule has 3 saturated heterocycles. The minimum atomic E-state index is -0.381. The highest BCUT2D eigenvalue weighted by atomic mass is 16.7. The first-order valence-electron chi connectivity index (χ1n) is 11.2. The van der Waals surface area contributed by atoms with Gasteiger partial charge in [0.25, 0.3) is 0 Å². The molecule has 7 nitrogen and oxygen atoms in total. The Morgan fingerprint density at radius 1 is 1.10 bits per heavy atom. The van der Waals surface area contributed by atoms with E-state index < -0.39 is 0 Å². The minimum absolute atomic E-state index is 0.0872. The van der Waals surface area contributed by atoms with Gasteiger partial charge in [0.15, 0.2) is 11.5 Å². The standard InChI is InChI=1S/C23H31N3O4/c1-3-23(13-18-5-7-21(23)26(18)16(2)27)22(28)25-10-8-24(9-11-25)14-17-4-6-19-20(12-17)30-15-29-19/h4,6,12,18,21H,3,5,7-11,13-15H2,1-2H3/t18-,21+,23+/m1/s1. The summed E-state index contributed by atoms with van der Waals surface area (Å²) in [5.74, 6) is 2.02. The molecule has 5 rings (SSSR count). The van der Waals surface area contributed by atoms with E-state index in [-0.39, 0.29) is 29.3 Å². The maximum Gasteiger partial charge on any atom is 0.231 e. The van der Waals surface area contributed by atoms with Crippen LogP contribution in [0, 0.1) is 5.41 Å². The van der Waals surface area contributed by atoms with Gasteiger partial charge in [0.2, 0.25) is 18.6 Å². The van der Waals surface area contributed by atoms with Gasteiger partial charge in [0, 0.05) is 51.7 Å². The summed E-state index contributed by atoms with van der Waals surface area (Å²) in [6.45, 7) is 8.14. The molecule has 0 spiro atoms. The minimum Gasteiger partial charge on any atom is -0.454 e. The molecule has 3 atom stereocenters. The van der Waals surface area contributed by atoms with E-state index in [0.29, 0.717) is 6.79 Å². The van der Waals surface area contributed by atoms with E-state index in [1.807, 2.05) is 11.0 Å². The molecule has 0 aromatic heterocycles. The summed E-state index contributed by atoms with van der Waals surface area (Å²) in [6, 6.07) is 6.45. The molecule has 2 bridgehead atoms. The number of fused-ring (bicyclic) bond motifs is 3. The van der Waals surface area contributed by atoms with E-state index in [0.717, 1.165) is 69.9 Å². The molecule has 0 unspecified atom stereocenters. The molecule has 2 amide bonds. The van der Waals surface area contributed by atoms with Gasteiger partial charge in [-0.05, 0) is 43.4 Å². The zero-order chi connectivity index (χ0) is 20.9. The van der Waals surface area contributed by atoms with E-state index in [9.17, 15) is 9.59 Å². The average Bonchev–Trinajstić information content (AvgIpc) is 3.47. The summed E-state index contributed by atoms with van der Waals surface area (Å²) in [5, 5.41) is 0. The van der Waals surface area contributed by atoms with Crippen LogP contribution in [0.5, 0.6) is 11.5 Å². The molecule has 0 N–H and O–H groups in total. The third-order valence-electron chi connectivity index (χ3n) is 7.66. The Morgan fingerprint density at radius 2 is 1.87 bits per heavy atom. The summed E-state index contributed by atoms with van der Waals surface area (Å²) in [5.41, 5.74) is 0.822. The monoisotopic (exact) mass is 413 g/mol. The van der Waals surface area contributed by atoms with Gasteiger partial charge in [-0.2, -0.15) is 0 Å². The molecule has 0 aliphatic carbocycles. The molecule has 1 aromatic rings. The van der Waals surface area contributed by atoms with Crippen LogP contribution in [0.4, 0.5) is 0 Å². The number of carbonyl (C=O) groups is 2. The smallest absolute Gasteiger partial charge is 0.231 e. The van der Waals surface area contributed by atoms with Crippen LogP contribution in [-0.2, 0) is 16.1 Å². The molecule has 4 aliphatic rings. The van der Waals surface area contributed by atoms with Crippen molar-refractivity contribution in [2.24, 2.45) is 5.41 Å². The highest BCUT2D eigenvalue weighted by Gasteiger charge is 2.60. The molecule has 1 aromatic carbocycles. The van der Waals surface area contributed by atoms with Crippen LogP contribution in [0.15, 0.2) is 18.2 Å². The van der Waals surface area contributed by atoms with Crippen molar-refractivity contribution in [2.75, 3.05) is 33.0 Å². The number of amides is 2. The maximum atomic E-state index is 13.6. The fraction of sp³-hybridized carbons (Fsp3) is 0.652. The van der Waals surface area contributed by atoms with Crippen molar-refractivity contribution in [1.82, 2.24) is 14.7 Å². The largest absolute Gasteiger partial charge is 0.454 e. The van der Waals surface area contributed by atoms with Crippen molar-refractivity contribution in [2.45, 2.75) is 58.2 Å². The fourth-order valence-corrected chi connectivity index (χ4v) is 6.14. The van der Waals surface area contributed by atoms with Crippen molar-refractivity contribution in [3.05, 3.63) is 23.8 Å². The second kappa shape index (κ2) is 7.45. The average molecular weight is 414 g/mol. The lowest BCUT2D eigenvalue weighted by Gasteiger charge is -2.42. The van der Waals surface area contributed by atoms with Gasteiger partial charge in [0.05, 0.1) is 5.41 Å². The fourth-order valence-electron chi connectivity index (χ4n) is 6.14. The van der Waals surface area contributed by atoms with Crippen LogP contribution >= 0.6 is 0 Å². The second-order valence-corrected chi connectivity index (χ2v) is 9.14. The number of benzene rings is 1. The van der Waals surface area contributed by atoms with Gasteiger partial charge in [-0.25, -0.2) is 0 Å². The number of hydrogen-bond donors (Lipinski definition) is 0. The Kier molecular flexibility index (Phi) is 4.88. The maximum absolute atomic E-state index is 13.6. The summed E-state index contributed by atoms with van der Waals surface area (Å²) in [6.07, 6.45) is 3.66. The van der Waals surface area contributed by atoms with E-state index in [1.165, 1.54) is 5.56 Å². The molecule has 4 heterocycles. The van der Waals surface area contributed by atoms with Crippen LogP contribution in [0.1, 0.15) is 45.1 Å². The molecule has 0 saturated carbocycles. The SMILES string of the molecule is CC[C@]1(C(=O)N2CCN(Cc3ccc4c(c3)OCO4)CC2)C[C@H]2CC[C@@H]1N2C(C)=O. The Morgan fingerprint density at radius 3 is 2.57 bits per heavy atom. The summed E-state index contributed by atoms with van der Waals surface area (Å²) in [4.78, 5) is 32.3. The van der Waals surface area contributed by atoms with Crippen molar-refractivity contribution >= 4 is 11.8 Å². The van der Waals surface area contributed by atoms with Crippen LogP contribution in [-0.4, -0.2) is 71.6 Å². The van der Waals surface area contributed by atoms with Crippen molar-refractivity contribution < 1.29 is 19.1 Å². The van der Waals surface area contributed by atoms with Crippen LogP contribution in [0.2, 0.25) is 0 Å². The summed E-state index contributed by atoms with van der Waals surface area (Å²) in [7, 11) is 0. The molecule has 3 fully saturated rings. The molecule has 0 radical (unpaired) electrons. The third kappa shape index (κ3) is 3.06. The van der Waals surface area contributed by atoms with Crippen molar-refractivity contribution in [3.63, 3.8) is 0 Å². The highest BCUT2D eigenvalue weighted by Crippen LogP contribution is 2.52. The molecular formula is C23H31N3O4. The molecule has 4 aliphatic heterocycles. The third-order valence-corrected chi connectivity index (χ3v) is 7.66. The first-order valence-corrected chi connectivity index (χ1v) is 11.2. The number of ether oxygens (including phenoxy) is 2. The summed E-state index contributed by atoms with van der Waals surface area (Å²) < 4.78 is 10.9. The first kappa shape index (κ1) is 19.7. The normalized spacial score (nSPS) is 30.2. The van der Waals surface area contributed by atoms with Gasteiger partial charge >= 0.3 is 0 Å². The van der Waals surface area contributed by atoms with Crippen molar-refractivity contribution in [1.29, 1.82) is 0 Å². The number of carbonyl (C=O) groups excluding carboxylic acids is 2. The number of rotatable bonds is 4. The van der Waals surface area contributed by atoms with E-state index >= 15 is 0 Å². The molecule has 7 heteroatoms. The van der Waals surface area contributed by atoms with Gasteiger partial charge < -0.3 is 19.3 Å². The topological polar surface area (TPSA) is 62.3 Å². The Labute approximate surface area is 177 Å². The van der Waals surface area contributed by atoms with E-state index in [1.54, 1.807) is 6.92 Å². The lowest BCUT2D eigenvalue weighted by Crippen LogP contribution is -2.56. The highest BCUT2D eigenvalue weighted by molar-refractivity contribution is 5.86. The number of hydrogen-bond acceptors (Lipinski definition) is 5. The molecule has 30 heavy (non-hydrogen) atoms. The zero-order valence-electron chi connectivity index (χ0n) is 17.9. The number of piperazine rings is 1. The lowest BCUT2D eigenvalue weighted by atomic mass is 9.70.